The van der Waals surface area contributed by atoms with E-state index in [1.54, 1.807) is 4.70 Å². The van der Waals surface area contributed by atoms with Gasteiger partial charge in [-0.1, -0.05) is 541 Å². The zero-order valence-corrected chi connectivity index (χ0v) is 85.8. The van der Waals surface area contributed by atoms with Gasteiger partial charge in [0.05, 0.1) is 0 Å². The second kappa shape index (κ2) is 86.9. The van der Waals surface area contributed by atoms with Gasteiger partial charge in [-0.15, -0.1) is 0 Å². The van der Waals surface area contributed by atoms with E-state index in [0.717, 1.165) is 61.9 Å². The van der Waals surface area contributed by atoms with Crippen LogP contribution in [0.3, 0.4) is 0 Å². The summed E-state index contributed by atoms with van der Waals surface area (Å²) in [6, 6.07) is 36.2. The van der Waals surface area contributed by atoms with Crippen molar-refractivity contribution < 1.29 is 22.7 Å². The van der Waals surface area contributed by atoms with E-state index in [-0.39, 0.29) is 0 Å². The summed E-state index contributed by atoms with van der Waals surface area (Å²) in [6.45, 7) is 14.0. The molecule has 0 N–H and O–H groups in total. The van der Waals surface area contributed by atoms with Crippen LogP contribution in [0.1, 0.15) is 601 Å². The van der Waals surface area contributed by atoms with Gasteiger partial charge in [-0.25, -0.2) is 4.70 Å². The number of benzene rings is 4. The maximum absolute atomic E-state index is 13.3. The fraction of sp³-hybridized carbons (Fsp3) is 0.754. The van der Waals surface area contributed by atoms with Gasteiger partial charge in [0.25, 0.3) is 0 Å². The van der Waals surface area contributed by atoms with Crippen LogP contribution in [0.25, 0.3) is 16.9 Å². The Bertz CT molecular complexity index is 3120. The molecule has 0 bridgehead atoms. The van der Waals surface area contributed by atoms with Crippen molar-refractivity contribution in [1.29, 1.82) is 0 Å². The first-order valence-electron chi connectivity index (χ1n) is 56.4. The van der Waals surface area contributed by atoms with Crippen molar-refractivity contribution in [2.75, 3.05) is 0 Å². The van der Waals surface area contributed by atoms with Crippen molar-refractivity contribution in [3.05, 3.63) is 147 Å². The molecule has 1 heterocycles. The first kappa shape index (κ1) is 114. The van der Waals surface area contributed by atoms with Gasteiger partial charge in [0, 0.05) is 23.1 Å². The Labute approximate surface area is 789 Å². The van der Waals surface area contributed by atoms with Gasteiger partial charge < -0.3 is 5.53 Å². The molecule has 0 saturated heterocycles. The van der Waals surface area contributed by atoms with E-state index in [0.29, 0.717) is 18.0 Å². The van der Waals surface area contributed by atoms with Crippen LogP contribution in [0.2, 0.25) is 0 Å². The normalized spacial score (nSPS) is 12.2. The molecule has 1 aliphatic heterocycles. The summed E-state index contributed by atoms with van der Waals surface area (Å²) in [4.78, 5) is 0. The van der Waals surface area contributed by atoms with E-state index in [9.17, 15) is 5.53 Å². The molecular formula is C122H206N2Pd. The van der Waals surface area contributed by atoms with Gasteiger partial charge in [-0.2, -0.15) is 0 Å². The second-order valence-corrected chi connectivity index (χ2v) is 41.7. The first-order valence-corrected chi connectivity index (χ1v) is 57.9. The van der Waals surface area contributed by atoms with Crippen LogP contribution >= 0.6 is 0 Å². The average Bonchev–Trinajstić information content (AvgIpc) is 1.60. The molecule has 0 unspecified atom stereocenters. The second-order valence-electron chi connectivity index (χ2n) is 39.5. The predicted molar refractivity (Wildman–Crippen MR) is 558 cm³/mol. The van der Waals surface area contributed by atoms with Crippen molar-refractivity contribution in [3.63, 3.8) is 0 Å². The molecule has 0 aliphatic carbocycles. The summed E-state index contributed by atoms with van der Waals surface area (Å²) in [5.74, 6) is 7.76. The molecule has 125 heavy (non-hydrogen) atoms. The molecule has 0 fully saturated rings. The van der Waals surface area contributed by atoms with Gasteiger partial charge in [0.2, 0.25) is 11.4 Å². The molecule has 0 atom stereocenters. The number of rotatable bonds is 89. The third-order valence-electron chi connectivity index (χ3n) is 27.4. The van der Waals surface area contributed by atoms with E-state index in [1.807, 2.05) is 0 Å². The van der Waals surface area contributed by atoms with Gasteiger partial charge in [-0.05, 0) is 117 Å². The third kappa shape index (κ3) is 63.8. The Morgan fingerprint density at radius 1 is 0.216 bits per heavy atom. The van der Waals surface area contributed by atoms with Crippen molar-refractivity contribution >= 4 is 19.5 Å². The number of hydrogen-bond donors (Lipinski definition) is 0. The Morgan fingerprint density at radius 2 is 0.416 bits per heavy atom. The molecule has 1 aliphatic rings. The molecule has 4 aromatic rings. The fourth-order valence-electron chi connectivity index (χ4n) is 19.3. The molecule has 0 amide bonds. The van der Waals surface area contributed by atoms with Crippen molar-refractivity contribution in [1.82, 2.24) is 0 Å². The van der Waals surface area contributed by atoms with E-state index in [1.165, 1.54) is 554 Å². The van der Waals surface area contributed by atoms with Crippen LogP contribution in [0.4, 0.5) is 0 Å². The number of allylic oxidation sites excluding steroid dienone is 2. The van der Waals surface area contributed by atoms with Crippen LogP contribution < -0.4 is 8.07 Å². The first-order chi connectivity index (χ1) is 62.0. The summed E-state index contributed by atoms with van der Waals surface area (Å²) in [6.07, 6.45) is 118. The monoisotopic (exact) mass is 1810 g/mol. The quantitative estimate of drug-likeness (QED) is 0.0182. The molecule has 0 aromatic heterocycles. The minimum absolute atomic E-state index is 0.575. The van der Waals surface area contributed by atoms with Crippen molar-refractivity contribution in [2.45, 2.75) is 594 Å². The Morgan fingerprint density at radius 3 is 0.664 bits per heavy atom. The Hall–Kier alpha value is -3.82. The molecule has 0 radical (unpaired) electrons. The molecule has 5 rings (SSSR count). The minimum atomic E-state index is 0.575. The standard InChI is InChI=1S/C110H196N2.2C6H5.Pd/c1-7-13-19-23-26-29-32-35-38-41-44-47-50-52-54-56-58-61-64-67-70-73-76-79-82-85-91-103-95-101(89-17-11-5)97-105(99-103)109-107(93-87-22-16-10-4)108(94-88-84-81-78-75-72-69-66-63-60-49-46-43-40-37-34-31-28-25-21-15-9-3)110(112(109)111)106-98-102(90-18-12-6)96-104(100-106)92-86-83-80-77-74-71-68-65-62-59-57-55-53-51-48-45-42-39-36-33-30-27-24-20-14-8-2;2*1-2-4-6-5-3-1;/h95-100H,7-87,89-93H2,1-6H3;2*1-5H;. The summed E-state index contributed by atoms with van der Waals surface area (Å²) in [5.41, 5.74) is 25.8. The van der Waals surface area contributed by atoms with E-state index >= 15 is 0 Å². The average molecular weight is 1810 g/mol. The van der Waals surface area contributed by atoms with Crippen LogP contribution in [-0.2, 0) is 43.7 Å². The van der Waals surface area contributed by atoms with Crippen LogP contribution in [0.15, 0.2) is 108 Å². The van der Waals surface area contributed by atoms with Crippen molar-refractivity contribution in [3.8, 4) is 11.8 Å². The molecule has 3 heteroatoms. The summed E-state index contributed by atoms with van der Waals surface area (Å²) in [5, 5.41) is 0. The molecule has 2 nitrogen and oxygen atoms in total. The summed E-state index contributed by atoms with van der Waals surface area (Å²) in [7, 11) is 0. The Balaban J connectivity index is 0.00000228. The molecular weight excluding hydrogens is 1600 g/mol. The van der Waals surface area contributed by atoms with Crippen LogP contribution in [0, 0.1) is 11.8 Å². The predicted octanol–water partition coefficient (Wildman–Crippen LogP) is 40.9. The molecule has 4 aromatic carbocycles. The van der Waals surface area contributed by atoms with Crippen LogP contribution in [-0.4, -0.2) is 4.70 Å². The van der Waals surface area contributed by atoms with Crippen LogP contribution in [0.5, 0.6) is 0 Å². The van der Waals surface area contributed by atoms with E-state index in [2.05, 4.69) is 150 Å². The summed E-state index contributed by atoms with van der Waals surface area (Å²) < 4.78 is 4.52. The topological polar surface area (TPSA) is 25.3 Å². The third-order valence-corrected chi connectivity index (χ3v) is 29.4. The molecule has 0 saturated carbocycles. The fourth-order valence-corrected chi connectivity index (χ4v) is 21.0. The number of hydrogen-bond acceptors (Lipinski definition) is 0. The SMILES string of the molecule is CCCCCCCCCCCCCCCCCCCCCCC#CC1=C(c2cc(CCCC)cc(CCCCCCCCCCCCCCCCCCCCCCCCCCCC)c2)[N+](=[N-])C(c2cc(CCCC)cc(CCCCCCCCCCCCCCCCCCCCCCCCCCCC)c2)=C1CCCCCC.c1cc[c]([Pd][c]2ccccc2)cc1. The van der Waals surface area contributed by atoms with Crippen molar-refractivity contribution in [2.24, 2.45) is 0 Å². The zero-order chi connectivity index (χ0) is 88.8. The number of aryl methyl sites for hydroxylation is 4. The number of nitrogens with zero attached hydrogens (tertiary/aromatic N) is 2. The van der Waals surface area contributed by atoms with E-state index in [4.69, 9.17) is 0 Å². The maximum atomic E-state index is 13.3. The van der Waals surface area contributed by atoms with Gasteiger partial charge >= 0.3 is 86.7 Å². The summed E-state index contributed by atoms with van der Waals surface area (Å²) >= 11 is 0.575. The van der Waals surface area contributed by atoms with E-state index < -0.39 is 0 Å². The number of unbranched alkanes of at least 4 members (excludes halogenated alkanes) is 75. The Kier molecular flexibility index (Phi) is 78.9. The molecule has 714 valence electrons. The molecule has 0 spiro atoms. The van der Waals surface area contributed by atoms with Gasteiger partial charge in [0.15, 0.2) is 0 Å². The van der Waals surface area contributed by atoms with Gasteiger partial charge in [-0.3, -0.25) is 0 Å². The van der Waals surface area contributed by atoms with Gasteiger partial charge in [0.1, 0.15) is 5.57 Å². The zero-order valence-electron chi connectivity index (χ0n) is 84.3.